The Kier molecular flexibility index (Phi) is 7.45. The van der Waals surface area contributed by atoms with Gasteiger partial charge in [0.05, 0.1) is 22.3 Å². The van der Waals surface area contributed by atoms with Gasteiger partial charge in [-0.05, 0) is 57.6 Å². The number of halogens is 1. The van der Waals surface area contributed by atoms with Crippen molar-refractivity contribution < 1.29 is 14.3 Å². The molecule has 7 heteroatoms. The maximum Gasteiger partial charge on any atom is 0.319 e. The van der Waals surface area contributed by atoms with Crippen molar-refractivity contribution in [2.24, 2.45) is 5.73 Å². The molecule has 28 heavy (non-hydrogen) atoms. The van der Waals surface area contributed by atoms with E-state index in [-0.39, 0.29) is 11.0 Å². The number of benzene rings is 2. The fourth-order valence-electron chi connectivity index (χ4n) is 2.51. The molecule has 0 saturated heterocycles. The average Bonchev–Trinajstić information content (AvgIpc) is 2.62. The summed E-state index contributed by atoms with van der Waals surface area (Å²) in [5.41, 5.74) is 7.25. The number of urea groups is 1. The smallest absolute Gasteiger partial charge is 0.319 e. The molecule has 3 amide bonds. The molecule has 0 radical (unpaired) electrons. The molecule has 0 spiro atoms. The monoisotopic (exact) mass is 447 g/mol. The second-order valence-electron chi connectivity index (χ2n) is 7.39. The Balaban J connectivity index is 1.76. The van der Waals surface area contributed by atoms with Gasteiger partial charge in [0.25, 0.3) is 5.91 Å². The molecule has 4 N–H and O–H groups in total. The molecule has 2 aromatic carbocycles. The minimum Gasteiger partial charge on any atom is -0.492 e. The largest absolute Gasteiger partial charge is 0.492 e. The lowest BCUT2D eigenvalue weighted by Crippen LogP contribution is -2.31. The van der Waals surface area contributed by atoms with E-state index in [1.54, 1.807) is 24.3 Å². The van der Waals surface area contributed by atoms with Crippen molar-refractivity contribution in [2.45, 2.75) is 32.6 Å². The molecule has 150 valence electrons. The minimum absolute atomic E-state index is 0.0749. The molecule has 0 bridgehead atoms. The van der Waals surface area contributed by atoms with Crippen molar-refractivity contribution in [3.63, 3.8) is 0 Å². The maximum absolute atomic E-state index is 12.0. The van der Waals surface area contributed by atoms with E-state index in [9.17, 15) is 9.59 Å². The van der Waals surface area contributed by atoms with Gasteiger partial charge in [-0.15, -0.1) is 0 Å². The predicted molar refractivity (Wildman–Crippen MR) is 115 cm³/mol. The van der Waals surface area contributed by atoms with Gasteiger partial charge in [-0.1, -0.05) is 39.0 Å². The second-order valence-corrected chi connectivity index (χ2v) is 8.24. The lowest BCUT2D eigenvalue weighted by Gasteiger charge is -2.20. The summed E-state index contributed by atoms with van der Waals surface area (Å²) in [7, 11) is 0. The van der Waals surface area contributed by atoms with Crippen LogP contribution in [-0.2, 0) is 5.41 Å². The highest BCUT2D eigenvalue weighted by molar-refractivity contribution is 9.10. The number of nitrogens with two attached hydrogens (primary N) is 1. The first-order valence-electron chi connectivity index (χ1n) is 9.05. The second kappa shape index (κ2) is 9.59. The van der Waals surface area contributed by atoms with Gasteiger partial charge in [0.1, 0.15) is 5.75 Å². The summed E-state index contributed by atoms with van der Waals surface area (Å²) < 4.78 is 6.69. The van der Waals surface area contributed by atoms with Gasteiger partial charge in [0.2, 0.25) is 0 Å². The number of para-hydroxylation sites is 1. The third-order valence-electron chi connectivity index (χ3n) is 4.10. The van der Waals surface area contributed by atoms with E-state index in [1.165, 1.54) is 5.56 Å². The van der Waals surface area contributed by atoms with E-state index in [2.05, 4.69) is 59.5 Å². The van der Waals surface area contributed by atoms with E-state index in [0.29, 0.717) is 25.3 Å². The molecule has 0 saturated carbocycles. The summed E-state index contributed by atoms with van der Waals surface area (Å²) in [6.45, 7) is 7.38. The first kappa shape index (κ1) is 21.8. The van der Waals surface area contributed by atoms with Crippen LogP contribution in [0.2, 0.25) is 0 Å². The number of carbonyl (C=O) groups excluding carboxylic acids is 2. The van der Waals surface area contributed by atoms with Crippen LogP contribution in [0.4, 0.5) is 10.5 Å². The van der Waals surface area contributed by atoms with E-state index in [0.717, 1.165) is 10.2 Å². The van der Waals surface area contributed by atoms with Gasteiger partial charge in [-0.3, -0.25) is 4.79 Å². The topological polar surface area (TPSA) is 93.4 Å². The highest BCUT2D eigenvalue weighted by atomic mass is 79.9. The molecule has 0 aliphatic rings. The number of ether oxygens (including phenoxy) is 1. The van der Waals surface area contributed by atoms with Gasteiger partial charge in [-0.25, -0.2) is 4.79 Å². The molecule has 0 aromatic heterocycles. The van der Waals surface area contributed by atoms with Crippen molar-refractivity contribution in [3.05, 3.63) is 58.1 Å². The van der Waals surface area contributed by atoms with Crippen molar-refractivity contribution in [2.75, 3.05) is 18.5 Å². The Hall–Kier alpha value is -2.54. The lowest BCUT2D eigenvalue weighted by molar-refractivity contribution is 0.100. The molecular formula is C21H26BrN3O3. The van der Waals surface area contributed by atoms with Crippen LogP contribution in [0.5, 0.6) is 5.75 Å². The molecule has 6 nitrogen and oxygen atoms in total. The lowest BCUT2D eigenvalue weighted by atomic mass is 9.87. The molecule has 0 aliphatic carbocycles. The number of hydrogen-bond donors (Lipinski definition) is 3. The molecule has 0 atom stereocenters. The highest BCUT2D eigenvalue weighted by Crippen LogP contribution is 2.31. The van der Waals surface area contributed by atoms with Gasteiger partial charge in [0.15, 0.2) is 0 Å². The Morgan fingerprint density at radius 1 is 1.14 bits per heavy atom. The molecule has 0 aliphatic heterocycles. The van der Waals surface area contributed by atoms with Crippen LogP contribution in [0.25, 0.3) is 0 Å². The van der Waals surface area contributed by atoms with Gasteiger partial charge in [-0.2, -0.15) is 0 Å². The standard InChI is InChI=1S/C21H26BrN3O3/c1-21(2,3)14-9-10-18(16(22)13-14)28-12-6-11-24-20(27)25-17-8-5-4-7-15(17)19(23)26/h4-5,7-10,13H,6,11-12H2,1-3H3,(H2,23,26)(H2,24,25,27). The summed E-state index contributed by atoms with van der Waals surface area (Å²) in [5, 5.41) is 5.36. The number of carbonyl (C=O) groups is 2. The number of primary amides is 1. The van der Waals surface area contributed by atoms with Crippen molar-refractivity contribution >= 4 is 33.6 Å². The van der Waals surface area contributed by atoms with E-state index < -0.39 is 11.9 Å². The van der Waals surface area contributed by atoms with Crippen LogP contribution in [0, 0.1) is 0 Å². The van der Waals surface area contributed by atoms with Crippen molar-refractivity contribution in [1.29, 1.82) is 0 Å². The minimum atomic E-state index is -0.590. The first-order valence-corrected chi connectivity index (χ1v) is 9.84. The molecule has 0 heterocycles. The van der Waals surface area contributed by atoms with Gasteiger partial charge in [0, 0.05) is 6.54 Å². The highest BCUT2D eigenvalue weighted by Gasteiger charge is 2.15. The van der Waals surface area contributed by atoms with Crippen LogP contribution in [0.3, 0.4) is 0 Å². The van der Waals surface area contributed by atoms with Crippen molar-refractivity contribution in [1.82, 2.24) is 5.32 Å². The van der Waals surface area contributed by atoms with Gasteiger partial charge < -0.3 is 21.1 Å². The third kappa shape index (κ3) is 6.27. The zero-order valence-corrected chi connectivity index (χ0v) is 17.9. The fraction of sp³-hybridized carbons (Fsp3) is 0.333. The summed E-state index contributed by atoms with van der Waals surface area (Å²) in [4.78, 5) is 23.4. The van der Waals surface area contributed by atoms with E-state index in [4.69, 9.17) is 10.5 Å². The van der Waals surface area contributed by atoms with Crippen LogP contribution in [0.15, 0.2) is 46.9 Å². The summed E-state index contributed by atoms with van der Waals surface area (Å²) in [6.07, 6.45) is 0.637. The molecule has 2 aromatic rings. The first-order chi connectivity index (χ1) is 13.2. The predicted octanol–water partition coefficient (Wildman–Crippen LogP) is 4.44. The Morgan fingerprint density at radius 3 is 2.50 bits per heavy atom. The normalized spacial score (nSPS) is 11.0. The average molecular weight is 448 g/mol. The molecule has 0 unspecified atom stereocenters. The maximum atomic E-state index is 12.0. The van der Waals surface area contributed by atoms with Crippen molar-refractivity contribution in [3.8, 4) is 5.75 Å². The third-order valence-corrected chi connectivity index (χ3v) is 4.72. The number of anilines is 1. The van der Waals surface area contributed by atoms with E-state index >= 15 is 0 Å². The fourth-order valence-corrected chi connectivity index (χ4v) is 3.01. The zero-order valence-electron chi connectivity index (χ0n) is 16.3. The number of amides is 3. The SMILES string of the molecule is CC(C)(C)c1ccc(OCCCNC(=O)Nc2ccccc2C(N)=O)c(Br)c1. The number of rotatable bonds is 7. The molecular weight excluding hydrogens is 422 g/mol. The molecule has 2 rings (SSSR count). The Morgan fingerprint density at radius 2 is 1.86 bits per heavy atom. The summed E-state index contributed by atoms with van der Waals surface area (Å²) >= 11 is 3.54. The van der Waals surface area contributed by atoms with Crippen LogP contribution in [0.1, 0.15) is 43.1 Å². The quantitative estimate of drug-likeness (QED) is 0.547. The van der Waals surface area contributed by atoms with Crippen LogP contribution in [-0.4, -0.2) is 25.1 Å². The summed E-state index contributed by atoms with van der Waals surface area (Å²) in [6, 6.07) is 12.3. The Labute approximate surface area is 174 Å². The number of hydrogen-bond acceptors (Lipinski definition) is 3. The van der Waals surface area contributed by atoms with Crippen LogP contribution >= 0.6 is 15.9 Å². The zero-order chi connectivity index (χ0) is 20.7. The Bertz CT molecular complexity index is 847. The van der Waals surface area contributed by atoms with Crippen LogP contribution < -0.4 is 21.1 Å². The molecule has 0 fully saturated rings. The van der Waals surface area contributed by atoms with E-state index in [1.807, 2.05) is 6.07 Å². The number of nitrogens with one attached hydrogen (secondary N) is 2. The summed E-state index contributed by atoms with van der Waals surface area (Å²) in [5.74, 6) is 0.181. The van der Waals surface area contributed by atoms with Gasteiger partial charge >= 0.3 is 6.03 Å².